The van der Waals surface area contributed by atoms with Crippen molar-refractivity contribution < 1.29 is 14.3 Å². The zero-order chi connectivity index (χ0) is 31.7. The van der Waals surface area contributed by atoms with E-state index in [0.29, 0.717) is 40.4 Å². The highest BCUT2D eigenvalue weighted by molar-refractivity contribution is 6.70. The number of amides is 1. The molecule has 0 saturated heterocycles. The predicted octanol–water partition coefficient (Wildman–Crippen LogP) is 9.06. The van der Waals surface area contributed by atoms with Crippen LogP contribution in [0, 0.1) is 17.3 Å². The minimum Gasteiger partial charge on any atom is -0.494 e. The van der Waals surface area contributed by atoms with Crippen LogP contribution < -0.4 is 14.4 Å². The van der Waals surface area contributed by atoms with Gasteiger partial charge >= 0.3 is 0 Å². The quantitative estimate of drug-likeness (QED) is 0.194. The summed E-state index contributed by atoms with van der Waals surface area (Å²) in [6, 6.07) is 4.16. The van der Waals surface area contributed by atoms with E-state index in [1.165, 1.54) is 38.5 Å². The smallest absolute Gasteiger partial charge is 0.295 e. The molecule has 0 fully saturated rings. The number of carbonyl (C=O) groups is 1. The first-order valence-electron chi connectivity index (χ1n) is 16.3. The second-order valence-corrected chi connectivity index (χ2v) is 13.9. The van der Waals surface area contributed by atoms with Crippen LogP contribution in [0.2, 0.25) is 0 Å². The lowest BCUT2D eigenvalue weighted by molar-refractivity contribution is -0.127. The molecule has 1 amide bonds. The molecular formula is C35H60N4O3. The van der Waals surface area contributed by atoms with Gasteiger partial charge in [0.15, 0.2) is 5.71 Å². The van der Waals surface area contributed by atoms with Gasteiger partial charge in [0.05, 0.1) is 25.5 Å². The van der Waals surface area contributed by atoms with Crippen molar-refractivity contribution in [1.82, 2.24) is 5.01 Å². The molecule has 0 saturated carbocycles. The molecular weight excluding hydrogens is 524 g/mol. The number of hydrogen-bond acceptors (Lipinski definition) is 6. The van der Waals surface area contributed by atoms with Crippen LogP contribution in [-0.2, 0) is 4.79 Å². The topological polar surface area (TPSA) is 66.7 Å². The molecule has 238 valence electrons. The Labute approximate surface area is 257 Å². The van der Waals surface area contributed by atoms with E-state index in [1.807, 2.05) is 20.8 Å². The van der Waals surface area contributed by atoms with Crippen molar-refractivity contribution in [1.29, 1.82) is 0 Å². The summed E-state index contributed by atoms with van der Waals surface area (Å²) in [7, 11) is 3.32. The normalized spacial score (nSPS) is 16.6. The van der Waals surface area contributed by atoms with Gasteiger partial charge in [-0.2, -0.15) is 5.10 Å². The Balaban J connectivity index is 2.66. The minimum atomic E-state index is -0.468. The Morgan fingerprint density at radius 1 is 0.857 bits per heavy atom. The van der Waals surface area contributed by atoms with Crippen LogP contribution in [0.1, 0.15) is 121 Å². The van der Waals surface area contributed by atoms with E-state index in [-0.39, 0.29) is 11.3 Å². The van der Waals surface area contributed by atoms with Gasteiger partial charge in [-0.1, -0.05) is 87.0 Å². The largest absolute Gasteiger partial charge is 0.494 e. The zero-order valence-corrected chi connectivity index (χ0v) is 28.9. The molecule has 2 rings (SSSR count). The highest BCUT2D eigenvalue weighted by Crippen LogP contribution is 2.43. The van der Waals surface area contributed by atoms with Crippen LogP contribution in [0.25, 0.3) is 0 Å². The first-order valence-corrected chi connectivity index (χ1v) is 16.3. The van der Waals surface area contributed by atoms with Crippen LogP contribution >= 0.6 is 0 Å². The summed E-state index contributed by atoms with van der Waals surface area (Å²) in [6.07, 6.45) is 9.71. The fourth-order valence-electron chi connectivity index (χ4n) is 5.48. The lowest BCUT2D eigenvalue weighted by atomic mass is 9.87. The van der Waals surface area contributed by atoms with E-state index in [1.54, 1.807) is 19.2 Å². The van der Waals surface area contributed by atoms with Gasteiger partial charge in [-0.05, 0) is 45.4 Å². The molecule has 42 heavy (non-hydrogen) atoms. The average molecular weight is 585 g/mol. The van der Waals surface area contributed by atoms with Crippen LogP contribution in [0.3, 0.4) is 0 Å². The van der Waals surface area contributed by atoms with Gasteiger partial charge in [-0.15, -0.1) is 0 Å². The first kappa shape index (κ1) is 35.6. The van der Waals surface area contributed by atoms with Gasteiger partial charge in [0.1, 0.15) is 17.2 Å². The molecule has 1 aromatic rings. The monoisotopic (exact) mass is 584 g/mol. The molecule has 1 aliphatic heterocycles. The number of aliphatic imine (C=N–C) groups is 1. The Morgan fingerprint density at radius 3 is 1.69 bits per heavy atom. The SMILES string of the molecule is CCCCC(CC)CN(CC(CC)CCCC)c1cc(OC)c(N=C2C(=O)N(C(C)(C)C)N=C2C(C)(C)C)c(OC)c1. The van der Waals surface area contributed by atoms with Crippen LogP contribution in [0.4, 0.5) is 11.4 Å². The molecule has 0 N–H and O–H groups in total. The van der Waals surface area contributed by atoms with E-state index >= 15 is 0 Å². The number of unbranched alkanes of at least 4 members (excludes halogenated alkanes) is 2. The number of nitrogens with zero attached hydrogens (tertiary/aromatic N) is 4. The maximum Gasteiger partial charge on any atom is 0.295 e. The Kier molecular flexibility index (Phi) is 13.4. The second kappa shape index (κ2) is 15.8. The molecule has 0 aromatic heterocycles. The van der Waals surface area contributed by atoms with Crippen LogP contribution in [0.15, 0.2) is 22.2 Å². The maximum atomic E-state index is 13.7. The number of hydrogen-bond donors (Lipinski definition) is 0. The van der Waals surface area contributed by atoms with E-state index in [4.69, 9.17) is 19.6 Å². The number of anilines is 1. The third-order valence-corrected chi connectivity index (χ3v) is 8.26. The Bertz CT molecular complexity index is 1040. The van der Waals surface area contributed by atoms with Gasteiger partial charge in [0.2, 0.25) is 0 Å². The summed E-state index contributed by atoms with van der Waals surface area (Å²) in [5, 5.41) is 6.30. The van der Waals surface area contributed by atoms with Crippen LogP contribution in [-0.4, -0.2) is 55.2 Å². The van der Waals surface area contributed by atoms with Crippen molar-refractivity contribution in [3.8, 4) is 11.5 Å². The number of methoxy groups -OCH3 is 2. The minimum absolute atomic E-state index is 0.203. The Hall–Kier alpha value is -2.57. The molecule has 7 heteroatoms. The fourth-order valence-corrected chi connectivity index (χ4v) is 5.48. The molecule has 0 aliphatic carbocycles. The lowest BCUT2D eigenvalue weighted by Gasteiger charge is -2.33. The molecule has 2 unspecified atom stereocenters. The van der Waals surface area contributed by atoms with Crippen LogP contribution in [0.5, 0.6) is 11.5 Å². The molecule has 7 nitrogen and oxygen atoms in total. The predicted molar refractivity (Wildman–Crippen MR) is 179 cm³/mol. The highest BCUT2D eigenvalue weighted by atomic mass is 16.5. The molecule has 0 radical (unpaired) electrons. The standard InChI is InChI=1S/C35H60N4O3/c1-13-17-19-25(15-3)23-38(24-26(16-4)20-18-14-2)27-21-28(41-11)30(29(22-27)42-12)36-31-32(34(5,6)7)37-39(33(31)40)35(8,9)10/h21-22,25-26H,13-20,23-24H2,1-12H3. The van der Waals surface area contributed by atoms with Gasteiger partial charge in [0, 0.05) is 36.3 Å². The highest BCUT2D eigenvalue weighted by Gasteiger charge is 2.42. The van der Waals surface area contributed by atoms with Crippen molar-refractivity contribution in [2.24, 2.45) is 27.3 Å². The van der Waals surface area contributed by atoms with Gasteiger partial charge in [-0.25, -0.2) is 10.0 Å². The zero-order valence-electron chi connectivity index (χ0n) is 28.9. The van der Waals surface area contributed by atoms with Crippen molar-refractivity contribution in [3.63, 3.8) is 0 Å². The first-order chi connectivity index (χ1) is 19.7. The number of hydrazone groups is 1. The molecule has 0 spiro atoms. The van der Waals surface area contributed by atoms with Gasteiger partial charge in [-0.3, -0.25) is 4.79 Å². The second-order valence-electron chi connectivity index (χ2n) is 13.9. The summed E-state index contributed by atoms with van der Waals surface area (Å²) < 4.78 is 11.9. The summed E-state index contributed by atoms with van der Waals surface area (Å²) in [5.41, 5.74) is 1.78. The van der Waals surface area contributed by atoms with Gasteiger partial charge in [0.25, 0.3) is 5.91 Å². The van der Waals surface area contributed by atoms with E-state index in [9.17, 15) is 4.79 Å². The molecule has 1 aliphatic rings. The van der Waals surface area contributed by atoms with Gasteiger partial charge < -0.3 is 14.4 Å². The molecule has 1 aromatic carbocycles. The third-order valence-electron chi connectivity index (χ3n) is 8.26. The summed E-state index contributed by atoms with van der Waals surface area (Å²) in [4.78, 5) is 21.2. The lowest BCUT2D eigenvalue weighted by Crippen LogP contribution is -2.41. The third kappa shape index (κ3) is 9.21. The van der Waals surface area contributed by atoms with Crippen molar-refractivity contribution >= 4 is 28.7 Å². The fraction of sp³-hybridized carbons (Fsp3) is 0.743. The summed E-state index contributed by atoms with van der Waals surface area (Å²) in [5.74, 6) is 2.23. The van der Waals surface area contributed by atoms with Crippen molar-refractivity contribution in [3.05, 3.63) is 12.1 Å². The number of ether oxygens (including phenoxy) is 2. The maximum absolute atomic E-state index is 13.7. The van der Waals surface area contributed by atoms with E-state index < -0.39 is 5.54 Å². The summed E-state index contributed by atoms with van der Waals surface area (Å²) >= 11 is 0. The number of carbonyl (C=O) groups excluding carboxylic acids is 1. The molecule has 0 bridgehead atoms. The van der Waals surface area contributed by atoms with Crippen molar-refractivity contribution in [2.45, 2.75) is 126 Å². The number of rotatable bonds is 16. The average Bonchev–Trinajstić information content (AvgIpc) is 3.29. The Morgan fingerprint density at radius 2 is 1.33 bits per heavy atom. The van der Waals surface area contributed by atoms with E-state index in [2.05, 4.69) is 65.5 Å². The van der Waals surface area contributed by atoms with Crippen molar-refractivity contribution in [2.75, 3.05) is 32.2 Å². The molecule has 2 atom stereocenters. The molecule has 1 heterocycles. The van der Waals surface area contributed by atoms with E-state index in [0.717, 1.165) is 31.6 Å². The summed E-state index contributed by atoms with van der Waals surface area (Å²) in [6.45, 7) is 23.3. The number of benzene rings is 1.